The number of anilines is 2. The van der Waals surface area contributed by atoms with Crippen molar-refractivity contribution in [2.45, 2.75) is 33.0 Å². The highest BCUT2D eigenvalue weighted by Crippen LogP contribution is 2.22. The maximum atomic E-state index is 5.41. The highest BCUT2D eigenvalue weighted by molar-refractivity contribution is 5.50. The molecule has 5 heteroatoms. The van der Waals surface area contributed by atoms with Crippen LogP contribution in [0.15, 0.2) is 67.0 Å². The lowest BCUT2D eigenvalue weighted by molar-refractivity contribution is 0.410. The van der Waals surface area contributed by atoms with Crippen molar-refractivity contribution in [2.75, 3.05) is 17.3 Å². The summed E-state index contributed by atoms with van der Waals surface area (Å²) < 4.78 is 5.41. The Hall–Kier alpha value is -3.08. The number of aromatic nitrogens is 2. The molecule has 27 heavy (non-hydrogen) atoms. The number of nitrogens with one attached hydrogen (secondary N) is 1. The molecule has 0 unspecified atom stereocenters. The Labute approximate surface area is 161 Å². The molecule has 0 fully saturated rings. The van der Waals surface area contributed by atoms with E-state index in [1.54, 1.807) is 13.4 Å². The third kappa shape index (κ3) is 4.97. The van der Waals surface area contributed by atoms with Crippen LogP contribution in [0.5, 0.6) is 5.75 Å². The number of nitrogens with zero attached hydrogens (tertiary/aromatic N) is 3. The average molecular weight is 362 g/mol. The second-order valence-electron chi connectivity index (χ2n) is 6.63. The molecule has 0 atom stereocenters. The predicted octanol–water partition coefficient (Wildman–Crippen LogP) is 4.51. The zero-order valence-electron chi connectivity index (χ0n) is 16.1. The van der Waals surface area contributed by atoms with Gasteiger partial charge >= 0.3 is 0 Å². The van der Waals surface area contributed by atoms with Crippen LogP contribution in [0.1, 0.15) is 25.0 Å². The maximum Gasteiger partial charge on any atom is 0.134 e. The standard InChI is InChI=1S/C22H26N4O/c1-17(2)26(15-18-9-5-4-6-10-18)22-13-21(24-16-25-22)23-14-19-11-7-8-12-20(19)27-3/h4-13,16-17H,14-15H2,1-3H3,(H,23,24,25). The molecule has 0 saturated carbocycles. The minimum atomic E-state index is 0.321. The predicted molar refractivity (Wildman–Crippen MR) is 110 cm³/mol. The van der Waals surface area contributed by atoms with Crippen LogP contribution >= 0.6 is 0 Å². The monoisotopic (exact) mass is 362 g/mol. The molecule has 1 N–H and O–H groups in total. The van der Waals surface area contributed by atoms with Gasteiger partial charge in [0.25, 0.3) is 0 Å². The molecule has 0 aliphatic heterocycles. The second kappa shape index (κ2) is 9.03. The van der Waals surface area contributed by atoms with Crippen LogP contribution < -0.4 is 15.0 Å². The van der Waals surface area contributed by atoms with E-state index in [1.165, 1.54) is 5.56 Å². The molecule has 1 heterocycles. The molecule has 5 nitrogen and oxygen atoms in total. The molecule has 140 valence electrons. The first-order chi connectivity index (χ1) is 13.2. The van der Waals surface area contributed by atoms with Crippen molar-refractivity contribution in [3.63, 3.8) is 0 Å². The number of rotatable bonds is 8. The molecular weight excluding hydrogens is 336 g/mol. The van der Waals surface area contributed by atoms with Crippen molar-refractivity contribution in [3.05, 3.63) is 78.1 Å². The van der Waals surface area contributed by atoms with Gasteiger partial charge in [0.15, 0.2) is 0 Å². The number of benzene rings is 2. The lowest BCUT2D eigenvalue weighted by Gasteiger charge is -2.28. The summed E-state index contributed by atoms with van der Waals surface area (Å²) in [6, 6.07) is 20.7. The summed E-state index contributed by atoms with van der Waals surface area (Å²) in [4.78, 5) is 11.1. The lowest BCUT2D eigenvalue weighted by Crippen LogP contribution is -2.31. The first-order valence-electron chi connectivity index (χ1n) is 9.15. The molecule has 2 aromatic carbocycles. The average Bonchev–Trinajstić information content (AvgIpc) is 2.71. The second-order valence-corrected chi connectivity index (χ2v) is 6.63. The highest BCUT2D eigenvalue weighted by atomic mass is 16.5. The summed E-state index contributed by atoms with van der Waals surface area (Å²) in [5.41, 5.74) is 2.35. The van der Waals surface area contributed by atoms with Crippen molar-refractivity contribution in [3.8, 4) is 5.75 Å². The van der Waals surface area contributed by atoms with Crippen LogP contribution in [0.4, 0.5) is 11.6 Å². The van der Waals surface area contributed by atoms with Gasteiger partial charge in [-0.05, 0) is 25.5 Å². The van der Waals surface area contributed by atoms with Gasteiger partial charge in [0, 0.05) is 30.8 Å². The lowest BCUT2D eigenvalue weighted by atomic mass is 10.2. The van der Waals surface area contributed by atoms with Gasteiger partial charge in [0.2, 0.25) is 0 Å². The van der Waals surface area contributed by atoms with Gasteiger partial charge in [-0.1, -0.05) is 48.5 Å². The van der Waals surface area contributed by atoms with Crippen molar-refractivity contribution < 1.29 is 4.74 Å². The fourth-order valence-electron chi connectivity index (χ4n) is 2.94. The van der Waals surface area contributed by atoms with E-state index >= 15 is 0 Å². The quantitative estimate of drug-likeness (QED) is 0.639. The SMILES string of the molecule is COc1ccccc1CNc1cc(N(Cc2ccccc2)C(C)C)ncn1. The van der Waals surface area contributed by atoms with E-state index in [9.17, 15) is 0 Å². The molecule has 0 amide bonds. The van der Waals surface area contributed by atoms with E-state index in [1.807, 2.05) is 36.4 Å². The van der Waals surface area contributed by atoms with Crippen molar-refractivity contribution in [2.24, 2.45) is 0 Å². The minimum absolute atomic E-state index is 0.321. The Bertz CT molecular complexity index is 852. The van der Waals surface area contributed by atoms with Crippen LogP contribution in [0, 0.1) is 0 Å². The highest BCUT2D eigenvalue weighted by Gasteiger charge is 2.13. The largest absolute Gasteiger partial charge is 0.496 e. The number of ether oxygens (including phenoxy) is 1. The van der Waals surface area contributed by atoms with Crippen LogP contribution in [0.25, 0.3) is 0 Å². The van der Waals surface area contributed by atoms with Gasteiger partial charge in [0.1, 0.15) is 23.7 Å². The van der Waals surface area contributed by atoms with E-state index in [2.05, 4.69) is 58.3 Å². The molecule has 3 rings (SSSR count). The van der Waals surface area contributed by atoms with Gasteiger partial charge < -0.3 is 15.0 Å². The molecule has 0 aliphatic rings. The van der Waals surface area contributed by atoms with Crippen molar-refractivity contribution in [1.82, 2.24) is 9.97 Å². The van der Waals surface area contributed by atoms with Gasteiger partial charge in [-0.15, -0.1) is 0 Å². The normalized spacial score (nSPS) is 10.7. The van der Waals surface area contributed by atoms with Crippen LogP contribution in [-0.4, -0.2) is 23.1 Å². The number of para-hydroxylation sites is 1. The van der Waals surface area contributed by atoms with Crippen LogP contribution in [0.2, 0.25) is 0 Å². The Morgan fingerprint density at radius 3 is 2.48 bits per heavy atom. The fraction of sp³-hybridized carbons (Fsp3) is 0.273. The Morgan fingerprint density at radius 1 is 1.00 bits per heavy atom. The van der Waals surface area contributed by atoms with Crippen molar-refractivity contribution in [1.29, 1.82) is 0 Å². The van der Waals surface area contributed by atoms with Crippen LogP contribution in [0.3, 0.4) is 0 Å². The number of methoxy groups -OCH3 is 1. The molecule has 0 saturated heterocycles. The van der Waals surface area contributed by atoms with Crippen LogP contribution in [-0.2, 0) is 13.1 Å². The summed E-state index contributed by atoms with van der Waals surface area (Å²) >= 11 is 0. The van der Waals surface area contributed by atoms with Gasteiger partial charge in [-0.3, -0.25) is 0 Å². The van der Waals surface area contributed by atoms with Gasteiger partial charge in [-0.25, -0.2) is 9.97 Å². The Balaban J connectivity index is 1.75. The summed E-state index contributed by atoms with van der Waals surface area (Å²) in [6.07, 6.45) is 1.61. The first-order valence-corrected chi connectivity index (χ1v) is 9.15. The molecule has 1 aromatic heterocycles. The molecule has 0 aliphatic carbocycles. The summed E-state index contributed by atoms with van der Waals surface area (Å²) in [6.45, 7) is 5.79. The maximum absolute atomic E-state index is 5.41. The summed E-state index contributed by atoms with van der Waals surface area (Å²) in [5.74, 6) is 2.57. The summed E-state index contributed by atoms with van der Waals surface area (Å²) in [5, 5.41) is 3.38. The van der Waals surface area contributed by atoms with E-state index in [0.29, 0.717) is 12.6 Å². The fourth-order valence-corrected chi connectivity index (χ4v) is 2.94. The van der Waals surface area contributed by atoms with E-state index < -0.39 is 0 Å². The van der Waals surface area contributed by atoms with Gasteiger partial charge in [-0.2, -0.15) is 0 Å². The number of hydrogen-bond donors (Lipinski definition) is 1. The third-order valence-corrected chi connectivity index (χ3v) is 4.42. The zero-order chi connectivity index (χ0) is 19.1. The van der Waals surface area contributed by atoms with Gasteiger partial charge in [0.05, 0.1) is 7.11 Å². The molecule has 0 radical (unpaired) electrons. The molecule has 0 bridgehead atoms. The Kier molecular flexibility index (Phi) is 6.26. The van der Waals surface area contributed by atoms with E-state index in [0.717, 1.165) is 29.5 Å². The molecular formula is C22H26N4O. The molecule has 3 aromatic rings. The van der Waals surface area contributed by atoms with E-state index in [4.69, 9.17) is 4.74 Å². The first kappa shape index (κ1) is 18.7. The minimum Gasteiger partial charge on any atom is -0.496 e. The van der Waals surface area contributed by atoms with Crippen molar-refractivity contribution >= 4 is 11.6 Å². The Morgan fingerprint density at radius 2 is 1.74 bits per heavy atom. The topological polar surface area (TPSA) is 50.3 Å². The zero-order valence-corrected chi connectivity index (χ0v) is 16.1. The molecule has 0 spiro atoms. The smallest absolute Gasteiger partial charge is 0.134 e. The third-order valence-electron chi connectivity index (χ3n) is 4.42. The van der Waals surface area contributed by atoms with E-state index in [-0.39, 0.29) is 0 Å². The number of hydrogen-bond acceptors (Lipinski definition) is 5. The summed E-state index contributed by atoms with van der Waals surface area (Å²) in [7, 11) is 1.69.